The summed E-state index contributed by atoms with van der Waals surface area (Å²) in [5, 5.41) is 17.9. The molecule has 0 bridgehead atoms. The highest BCUT2D eigenvalue weighted by Crippen LogP contribution is 2.26. The van der Waals surface area contributed by atoms with Crippen LogP contribution in [0.5, 0.6) is 0 Å². The van der Waals surface area contributed by atoms with Crippen LogP contribution in [-0.2, 0) is 0 Å². The molecule has 2 aromatic heterocycles. The summed E-state index contributed by atoms with van der Waals surface area (Å²) in [7, 11) is 0. The van der Waals surface area contributed by atoms with Crippen molar-refractivity contribution in [1.29, 1.82) is 10.5 Å². The van der Waals surface area contributed by atoms with E-state index in [1.165, 1.54) is 0 Å². The third kappa shape index (κ3) is 1.64. The van der Waals surface area contributed by atoms with Crippen LogP contribution in [0.25, 0.3) is 0 Å². The Morgan fingerprint density at radius 3 is 1.81 bits per heavy atom. The fraction of sp³-hybridized carbons (Fsp3) is 0.200. The van der Waals surface area contributed by atoms with Crippen molar-refractivity contribution < 1.29 is 0 Å². The highest BCUT2D eigenvalue weighted by molar-refractivity contribution is 5.22. The number of nitrogens with zero attached hydrogens (tertiary/aromatic N) is 4. The highest BCUT2D eigenvalue weighted by Gasteiger charge is 2.29. The van der Waals surface area contributed by atoms with E-state index in [-0.39, 0.29) is 0 Å². The lowest BCUT2D eigenvalue weighted by atomic mass is 9.93. The van der Waals surface area contributed by atoms with Gasteiger partial charge in [0.25, 0.3) is 0 Å². The molecule has 0 aliphatic carbocycles. The minimum atomic E-state index is -0.822. The van der Waals surface area contributed by atoms with Gasteiger partial charge in [-0.25, -0.2) is 9.97 Å². The molecule has 0 radical (unpaired) electrons. The molecule has 0 unspecified atom stereocenters. The number of nitriles is 2. The molecule has 0 saturated heterocycles. The van der Waals surface area contributed by atoms with Gasteiger partial charge in [-0.05, 0) is 0 Å². The molecule has 6 heteroatoms. The molecule has 0 aromatic carbocycles. The van der Waals surface area contributed by atoms with E-state index in [4.69, 9.17) is 10.5 Å². The fourth-order valence-corrected chi connectivity index (χ4v) is 1.52. The summed E-state index contributed by atoms with van der Waals surface area (Å²) >= 11 is 0. The van der Waals surface area contributed by atoms with Gasteiger partial charge in [-0.15, -0.1) is 0 Å². The second-order valence-electron chi connectivity index (χ2n) is 3.16. The van der Waals surface area contributed by atoms with Crippen molar-refractivity contribution in [2.24, 2.45) is 5.92 Å². The molecule has 0 atom stereocenters. The maximum Gasteiger partial charge on any atom is 0.150 e. The Morgan fingerprint density at radius 2 is 1.50 bits per heavy atom. The number of rotatable bonds is 3. The number of H-pyrrole nitrogens is 2. The lowest BCUT2D eigenvalue weighted by molar-refractivity contribution is 0.638. The van der Waals surface area contributed by atoms with Crippen LogP contribution in [0.3, 0.4) is 0 Å². The molecule has 2 aromatic rings. The van der Waals surface area contributed by atoms with Gasteiger partial charge < -0.3 is 9.97 Å². The van der Waals surface area contributed by atoms with Gasteiger partial charge >= 0.3 is 0 Å². The summed E-state index contributed by atoms with van der Waals surface area (Å²) < 4.78 is 0. The van der Waals surface area contributed by atoms with Gasteiger partial charge in [0, 0.05) is 24.8 Å². The van der Waals surface area contributed by atoms with Crippen LogP contribution < -0.4 is 0 Å². The van der Waals surface area contributed by atoms with E-state index in [1.54, 1.807) is 24.8 Å². The van der Waals surface area contributed by atoms with Crippen LogP contribution in [0.4, 0.5) is 0 Å². The third-order valence-corrected chi connectivity index (χ3v) is 2.24. The largest absolute Gasteiger partial charge is 0.348 e. The van der Waals surface area contributed by atoms with E-state index in [9.17, 15) is 0 Å². The molecule has 0 aliphatic rings. The van der Waals surface area contributed by atoms with E-state index in [0.29, 0.717) is 11.6 Å². The second kappa shape index (κ2) is 4.28. The van der Waals surface area contributed by atoms with E-state index < -0.39 is 11.8 Å². The Bertz CT molecular complexity index is 464. The fourth-order valence-electron chi connectivity index (χ4n) is 1.52. The van der Waals surface area contributed by atoms with Crippen molar-refractivity contribution in [3.63, 3.8) is 0 Å². The van der Waals surface area contributed by atoms with Crippen molar-refractivity contribution in [3.8, 4) is 12.1 Å². The quantitative estimate of drug-likeness (QED) is 0.789. The third-order valence-electron chi connectivity index (χ3n) is 2.24. The first-order valence-electron chi connectivity index (χ1n) is 4.64. The lowest BCUT2D eigenvalue weighted by Crippen LogP contribution is -2.14. The monoisotopic (exact) mass is 212 g/mol. The predicted molar refractivity (Wildman–Crippen MR) is 53.7 cm³/mol. The number of nitrogens with one attached hydrogen (secondary N) is 2. The van der Waals surface area contributed by atoms with Gasteiger partial charge in [-0.1, -0.05) is 0 Å². The van der Waals surface area contributed by atoms with E-state index >= 15 is 0 Å². The van der Waals surface area contributed by atoms with Crippen molar-refractivity contribution >= 4 is 0 Å². The van der Waals surface area contributed by atoms with Crippen molar-refractivity contribution in [1.82, 2.24) is 19.9 Å². The predicted octanol–water partition coefficient (Wildman–Crippen LogP) is 0.928. The molecule has 0 fully saturated rings. The first-order chi connectivity index (χ1) is 7.86. The van der Waals surface area contributed by atoms with Crippen LogP contribution in [0.1, 0.15) is 17.6 Å². The summed E-state index contributed by atoms with van der Waals surface area (Å²) in [5.41, 5.74) is 0. The molecule has 2 N–H and O–H groups in total. The molecule has 2 rings (SSSR count). The van der Waals surface area contributed by atoms with Crippen LogP contribution in [0.2, 0.25) is 0 Å². The average Bonchev–Trinajstić information content (AvgIpc) is 2.98. The molecule has 0 amide bonds. The molecular formula is C10H8N6. The highest BCUT2D eigenvalue weighted by atomic mass is 15.0. The number of hydrogen-bond acceptors (Lipinski definition) is 4. The first kappa shape index (κ1) is 9.94. The lowest BCUT2D eigenvalue weighted by Gasteiger charge is -2.11. The summed E-state index contributed by atoms with van der Waals surface area (Å²) in [4.78, 5) is 13.9. The number of aromatic nitrogens is 4. The number of hydrogen-bond donors (Lipinski definition) is 2. The molecule has 16 heavy (non-hydrogen) atoms. The Balaban J connectivity index is 2.44. The summed E-state index contributed by atoms with van der Waals surface area (Å²) in [6.45, 7) is 0. The smallest absolute Gasteiger partial charge is 0.150 e. The SMILES string of the molecule is N#CC(C#N)C(c1ncc[nH]1)c1ncc[nH]1. The van der Waals surface area contributed by atoms with Gasteiger partial charge in [0.15, 0.2) is 0 Å². The molecule has 0 spiro atoms. The van der Waals surface area contributed by atoms with Crippen LogP contribution in [0.15, 0.2) is 24.8 Å². The van der Waals surface area contributed by atoms with Crippen LogP contribution in [-0.4, -0.2) is 19.9 Å². The Hall–Kier alpha value is -2.60. The minimum Gasteiger partial charge on any atom is -0.348 e. The van der Waals surface area contributed by atoms with Gasteiger partial charge in [0.2, 0.25) is 0 Å². The zero-order valence-corrected chi connectivity index (χ0v) is 8.25. The Morgan fingerprint density at radius 1 is 1.00 bits per heavy atom. The van der Waals surface area contributed by atoms with E-state index in [2.05, 4.69) is 19.9 Å². The normalized spacial score (nSPS) is 10.2. The van der Waals surface area contributed by atoms with Crippen molar-refractivity contribution in [2.45, 2.75) is 5.92 Å². The van der Waals surface area contributed by atoms with Crippen molar-refractivity contribution in [3.05, 3.63) is 36.4 Å². The summed E-state index contributed by atoms with van der Waals surface area (Å²) in [6.07, 6.45) is 6.46. The summed E-state index contributed by atoms with van der Waals surface area (Å²) in [5.74, 6) is -0.177. The maximum absolute atomic E-state index is 8.94. The van der Waals surface area contributed by atoms with Crippen LogP contribution in [0, 0.1) is 28.6 Å². The Labute approximate surface area is 91.6 Å². The van der Waals surface area contributed by atoms with Gasteiger partial charge in [-0.2, -0.15) is 10.5 Å². The van der Waals surface area contributed by atoms with Gasteiger partial charge in [-0.3, -0.25) is 0 Å². The van der Waals surface area contributed by atoms with E-state index in [1.807, 2.05) is 12.1 Å². The molecule has 0 aliphatic heterocycles. The number of aromatic amines is 2. The zero-order chi connectivity index (χ0) is 11.4. The molecule has 2 heterocycles. The zero-order valence-electron chi connectivity index (χ0n) is 8.25. The average molecular weight is 212 g/mol. The standard InChI is InChI=1S/C10H8N6/c11-5-7(6-12)8(9-13-1-2-14-9)10-15-3-4-16-10/h1-4,7-8H,(H,13,14)(H,15,16). The topological polar surface area (TPSA) is 105 Å². The van der Waals surface area contributed by atoms with Crippen LogP contribution >= 0.6 is 0 Å². The second-order valence-corrected chi connectivity index (χ2v) is 3.16. The number of imidazole rings is 2. The van der Waals surface area contributed by atoms with Gasteiger partial charge in [0.05, 0.1) is 12.1 Å². The minimum absolute atomic E-state index is 0.472. The molecule has 0 saturated carbocycles. The summed E-state index contributed by atoms with van der Waals surface area (Å²) in [6, 6.07) is 3.89. The molecule has 78 valence electrons. The van der Waals surface area contributed by atoms with E-state index in [0.717, 1.165) is 0 Å². The maximum atomic E-state index is 8.94. The first-order valence-corrected chi connectivity index (χ1v) is 4.64. The van der Waals surface area contributed by atoms with Gasteiger partial charge in [0.1, 0.15) is 23.5 Å². The molecular weight excluding hydrogens is 204 g/mol. The van der Waals surface area contributed by atoms with Crippen molar-refractivity contribution in [2.75, 3.05) is 0 Å². The molecule has 6 nitrogen and oxygen atoms in total. The Kier molecular flexibility index (Phi) is 2.66.